The van der Waals surface area contributed by atoms with Gasteiger partial charge in [-0.05, 0) is 30.9 Å². The number of nitrogens with zero attached hydrogens (tertiary/aromatic N) is 4. The second-order valence-electron chi connectivity index (χ2n) is 4.60. The van der Waals surface area contributed by atoms with E-state index in [4.69, 9.17) is 5.11 Å². The lowest BCUT2D eigenvalue weighted by molar-refractivity contribution is 0.202. The van der Waals surface area contributed by atoms with Crippen molar-refractivity contribution in [2.24, 2.45) is 5.92 Å². The lowest BCUT2D eigenvalue weighted by Gasteiger charge is -2.31. The van der Waals surface area contributed by atoms with Crippen LogP contribution in [0.3, 0.4) is 0 Å². The van der Waals surface area contributed by atoms with Crippen LogP contribution in [0.5, 0.6) is 0 Å². The molecule has 2 aromatic heterocycles. The number of aromatic amines is 1. The molecule has 0 unspecified atom stereocenters. The van der Waals surface area contributed by atoms with Crippen molar-refractivity contribution in [3.05, 3.63) is 22.6 Å². The van der Waals surface area contributed by atoms with Gasteiger partial charge in [0.1, 0.15) is 5.82 Å². The molecule has 2 aromatic rings. The number of nitrogens with one attached hydrogen (secondary N) is 1. The monoisotopic (exact) mass is 249 g/mol. The highest BCUT2D eigenvalue weighted by Gasteiger charge is 2.20. The second kappa shape index (κ2) is 4.41. The summed E-state index contributed by atoms with van der Waals surface area (Å²) in [5.41, 5.74) is 0.200. The number of hydrogen-bond donors (Lipinski definition) is 2. The molecule has 1 saturated heterocycles. The first-order valence-corrected chi connectivity index (χ1v) is 6.08. The summed E-state index contributed by atoms with van der Waals surface area (Å²) in [6.07, 6.45) is 1.91. The maximum absolute atomic E-state index is 11.4. The Bertz CT molecular complexity index is 597. The highest BCUT2D eigenvalue weighted by atomic mass is 16.3. The average Bonchev–Trinajstić information content (AvgIpc) is 2.80. The molecule has 0 radical (unpaired) electrons. The third kappa shape index (κ3) is 1.86. The smallest absolute Gasteiger partial charge is 0.364 e. The fourth-order valence-electron chi connectivity index (χ4n) is 2.31. The lowest BCUT2D eigenvalue weighted by Crippen LogP contribution is -2.35. The van der Waals surface area contributed by atoms with Crippen LogP contribution in [0, 0.1) is 5.92 Å². The fourth-order valence-corrected chi connectivity index (χ4v) is 2.31. The van der Waals surface area contributed by atoms with E-state index in [9.17, 15) is 4.79 Å². The Morgan fingerprint density at radius 2 is 2.17 bits per heavy atom. The number of hydrogen-bond acceptors (Lipinski definition) is 5. The van der Waals surface area contributed by atoms with Crippen molar-refractivity contribution in [2.45, 2.75) is 12.8 Å². The van der Waals surface area contributed by atoms with Gasteiger partial charge in [0.25, 0.3) is 0 Å². The maximum Gasteiger partial charge on any atom is 0.364 e. The molecule has 3 heterocycles. The standard InChI is InChI=1S/C11H15N5O2/c17-7-8-3-5-15(6-4-8)10-2-1-9-12-13-11(18)16(9)14-10/h1-2,8,17H,3-7H2,(H,13,18). The Kier molecular flexibility index (Phi) is 2.75. The van der Waals surface area contributed by atoms with E-state index in [0.29, 0.717) is 11.6 Å². The minimum Gasteiger partial charge on any atom is -0.396 e. The first kappa shape index (κ1) is 11.2. The number of H-pyrrole nitrogens is 1. The molecule has 2 N–H and O–H groups in total. The van der Waals surface area contributed by atoms with Gasteiger partial charge in [-0.15, -0.1) is 5.10 Å². The Hall–Kier alpha value is -1.89. The molecule has 7 heteroatoms. The minimum absolute atomic E-state index is 0.251. The first-order chi connectivity index (χ1) is 8.78. The highest BCUT2D eigenvalue weighted by Crippen LogP contribution is 2.20. The molecule has 3 rings (SSSR count). The van der Waals surface area contributed by atoms with Crippen molar-refractivity contribution in [1.29, 1.82) is 0 Å². The number of aliphatic hydroxyl groups is 1. The van der Waals surface area contributed by atoms with Crippen LogP contribution in [0.4, 0.5) is 5.82 Å². The van der Waals surface area contributed by atoms with Gasteiger partial charge in [-0.25, -0.2) is 9.89 Å². The lowest BCUT2D eigenvalue weighted by atomic mass is 9.98. The number of aromatic nitrogens is 4. The van der Waals surface area contributed by atoms with Crippen LogP contribution in [0.1, 0.15) is 12.8 Å². The van der Waals surface area contributed by atoms with Crippen LogP contribution >= 0.6 is 0 Å². The van der Waals surface area contributed by atoms with Gasteiger partial charge >= 0.3 is 5.69 Å². The molecule has 1 aliphatic rings. The van der Waals surface area contributed by atoms with Gasteiger partial charge in [-0.3, -0.25) is 0 Å². The van der Waals surface area contributed by atoms with E-state index in [1.807, 2.05) is 6.07 Å². The predicted octanol–water partition coefficient (Wildman–Crippen LogP) is -0.374. The Balaban J connectivity index is 1.86. The summed E-state index contributed by atoms with van der Waals surface area (Å²) in [7, 11) is 0. The molecule has 0 bridgehead atoms. The normalized spacial score (nSPS) is 17.5. The Morgan fingerprint density at radius 1 is 1.39 bits per heavy atom. The fraction of sp³-hybridized carbons (Fsp3) is 0.545. The topological polar surface area (TPSA) is 86.5 Å². The zero-order valence-corrected chi connectivity index (χ0v) is 9.91. The van der Waals surface area contributed by atoms with Gasteiger partial charge in [0.2, 0.25) is 0 Å². The zero-order chi connectivity index (χ0) is 12.5. The van der Waals surface area contributed by atoms with E-state index in [1.54, 1.807) is 6.07 Å². The van der Waals surface area contributed by atoms with Gasteiger partial charge in [0.15, 0.2) is 5.65 Å². The molecule has 0 atom stereocenters. The van der Waals surface area contributed by atoms with Crippen molar-refractivity contribution in [3.8, 4) is 0 Å². The summed E-state index contributed by atoms with van der Waals surface area (Å²) in [6, 6.07) is 3.65. The van der Waals surface area contributed by atoms with E-state index in [2.05, 4.69) is 20.2 Å². The summed E-state index contributed by atoms with van der Waals surface area (Å²) in [6.45, 7) is 1.97. The average molecular weight is 249 g/mol. The number of fused-ring (bicyclic) bond motifs is 1. The Morgan fingerprint density at radius 3 is 2.89 bits per heavy atom. The predicted molar refractivity (Wildman–Crippen MR) is 65.6 cm³/mol. The van der Waals surface area contributed by atoms with Crippen LogP contribution in [0.25, 0.3) is 5.65 Å². The van der Waals surface area contributed by atoms with Crippen LogP contribution in [0.2, 0.25) is 0 Å². The SMILES string of the molecule is O=c1[nH]nc2ccc(N3CCC(CO)CC3)nn12. The third-order valence-electron chi connectivity index (χ3n) is 3.46. The molecule has 18 heavy (non-hydrogen) atoms. The van der Waals surface area contributed by atoms with E-state index in [1.165, 1.54) is 4.52 Å². The van der Waals surface area contributed by atoms with Crippen molar-refractivity contribution in [3.63, 3.8) is 0 Å². The van der Waals surface area contributed by atoms with Crippen molar-refractivity contribution in [2.75, 3.05) is 24.6 Å². The summed E-state index contributed by atoms with van der Waals surface area (Å²) in [5.74, 6) is 1.17. The maximum atomic E-state index is 11.4. The van der Waals surface area contributed by atoms with Crippen molar-refractivity contribution < 1.29 is 5.11 Å². The second-order valence-corrected chi connectivity index (χ2v) is 4.60. The number of rotatable bonds is 2. The summed E-state index contributed by atoms with van der Waals surface area (Å²) >= 11 is 0. The molecule has 7 nitrogen and oxygen atoms in total. The number of piperidine rings is 1. The molecule has 0 aliphatic carbocycles. The molecule has 0 saturated carbocycles. The van der Waals surface area contributed by atoms with E-state index >= 15 is 0 Å². The molecule has 0 amide bonds. The van der Waals surface area contributed by atoms with Crippen LogP contribution in [0.15, 0.2) is 16.9 Å². The van der Waals surface area contributed by atoms with Crippen molar-refractivity contribution >= 4 is 11.5 Å². The van der Waals surface area contributed by atoms with Gasteiger partial charge < -0.3 is 10.0 Å². The quantitative estimate of drug-likeness (QED) is 0.758. The molecular formula is C11H15N5O2. The molecule has 96 valence electrons. The van der Waals surface area contributed by atoms with Crippen LogP contribution in [-0.2, 0) is 0 Å². The van der Waals surface area contributed by atoms with E-state index in [-0.39, 0.29) is 12.3 Å². The minimum atomic E-state index is -0.322. The summed E-state index contributed by atoms with van der Waals surface area (Å²) in [5, 5.41) is 19.6. The Labute approximate surface area is 103 Å². The zero-order valence-electron chi connectivity index (χ0n) is 9.91. The molecule has 1 aliphatic heterocycles. The summed E-state index contributed by atoms with van der Waals surface area (Å²) < 4.78 is 1.27. The molecule has 1 fully saturated rings. The highest BCUT2D eigenvalue weighted by molar-refractivity contribution is 5.45. The molecular weight excluding hydrogens is 234 g/mol. The van der Waals surface area contributed by atoms with Gasteiger partial charge in [0, 0.05) is 19.7 Å². The number of aliphatic hydroxyl groups excluding tert-OH is 1. The summed E-state index contributed by atoms with van der Waals surface area (Å²) in [4.78, 5) is 13.6. The van der Waals surface area contributed by atoms with Crippen molar-refractivity contribution in [1.82, 2.24) is 19.8 Å². The van der Waals surface area contributed by atoms with Crippen LogP contribution < -0.4 is 10.6 Å². The third-order valence-corrected chi connectivity index (χ3v) is 3.46. The number of anilines is 1. The largest absolute Gasteiger partial charge is 0.396 e. The molecule has 0 aromatic carbocycles. The van der Waals surface area contributed by atoms with Crippen LogP contribution in [-0.4, -0.2) is 44.6 Å². The van der Waals surface area contributed by atoms with Gasteiger partial charge in [-0.2, -0.15) is 9.61 Å². The van der Waals surface area contributed by atoms with Gasteiger partial charge in [-0.1, -0.05) is 0 Å². The molecule has 0 spiro atoms. The van der Waals surface area contributed by atoms with E-state index in [0.717, 1.165) is 31.7 Å². The van der Waals surface area contributed by atoms with Gasteiger partial charge in [0.05, 0.1) is 0 Å². The van der Waals surface area contributed by atoms with E-state index < -0.39 is 0 Å². The first-order valence-electron chi connectivity index (χ1n) is 6.08.